The highest BCUT2D eigenvalue weighted by atomic mass is 16.1. The van der Waals surface area contributed by atoms with E-state index in [1.54, 1.807) is 0 Å². The third-order valence-corrected chi connectivity index (χ3v) is 6.12. The minimum Gasteiger partial charge on any atom is -0.309 e. The van der Waals surface area contributed by atoms with Crippen LogP contribution in [0.15, 0.2) is 60.7 Å². The summed E-state index contributed by atoms with van der Waals surface area (Å²) >= 11 is 0. The van der Waals surface area contributed by atoms with Crippen molar-refractivity contribution in [2.75, 3.05) is 5.32 Å². The number of anilines is 1. The monoisotopic (exact) mass is 375 g/mol. The molecular formula is C24H29N3O. The summed E-state index contributed by atoms with van der Waals surface area (Å²) in [6.45, 7) is 6.58. The molecule has 0 saturated heterocycles. The molecule has 1 heterocycles. The van der Waals surface area contributed by atoms with Gasteiger partial charge >= 0.3 is 0 Å². The topological polar surface area (TPSA) is 57.8 Å². The van der Waals surface area contributed by atoms with Crippen LogP contribution in [0.4, 0.5) is 5.82 Å². The maximum atomic E-state index is 12.8. The Morgan fingerprint density at radius 1 is 1.18 bits per heavy atom. The highest BCUT2D eigenvalue weighted by Gasteiger charge is 2.41. The van der Waals surface area contributed by atoms with Crippen LogP contribution in [0.2, 0.25) is 0 Å². The van der Waals surface area contributed by atoms with Gasteiger partial charge in [0, 0.05) is 35.4 Å². The van der Waals surface area contributed by atoms with Crippen molar-refractivity contribution in [3.63, 3.8) is 0 Å². The van der Waals surface area contributed by atoms with E-state index in [1.807, 2.05) is 12.1 Å². The van der Waals surface area contributed by atoms with E-state index < -0.39 is 0 Å². The summed E-state index contributed by atoms with van der Waals surface area (Å²) in [6, 6.07) is 12.4. The number of aromatic nitrogens is 2. The van der Waals surface area contributed by atoms with Gasteiger partial charge in [-0.25, -0.2) is 0 Å². The molecule has 2 aliphatic carbocycles. The number of nitrogens with one attached hydrogen (secondary N) is 2. The van der Waals surface area contributed by atoms with Gasteiger partial charge < -0.3 is 5.32 Å². The number of amides is 1. The standard InChI is InChI=1S/C24H29N3O/c1-23(2,3)24(13-11-18(12-14-24)17-7-5-4-6-8-17)16-22(28)25-21-15-20(26-27-21)19-9-10-19/h4-8,11-15,18-19H,9-10,16H2,1-3H3,(H2,25,26,27,28). The van der Waals surface area contributed by atoms with Crippen molar-refractivity contribution in [2.24, 2.45) is 10.8 Å². The molecule has 0 atom stereocenters. The van der Waals surface area contributed by atoms with Gasteiger partial charge in [-0.3, -0.25) is 9.89 Å². The smallest absolute Gasteiger partial charge is 0.226 e. The first kappa shape index (κ1) is 18.7. The molecule has 1 aromatic heterocycles. The summed E-state index contributed by atoms with van der Waals surface area (Å²) < 4.78 is 0. The zero-order valence-corrected chi connectivity index (χ0v) is 16.9. The van der Waals surface area contributed by atoms with Crippen LogP contribution in [0.3, 0.4) is 0 Å². The summed E-state index contributed by atoms with van der Waals surface area (Å²) in [5.74, 6) is 1.48. The van der Waals surface area contributed by atoms with Crippen LogP contribution in [-0.2, 0) is 4.79 Å². The number of allylic oxidation sites excluding steroid dienone is 4. The number of carbonyl (C=O) groups excluding carboxylic acids is 1. The quantitative estimate of drug-likeness (QED) is 0.672. The highest BCUT2D eigenvalue weighted by Crippen LogP contribution is 2.48. The number of rotatable bonds is 5. The Morgan fingerprint density at radius 3 is 2.46 bits per heavy atom. The lowest BCUT2D eigenvalue weighted by Gasteiger charge is -2.42. The lowest BCUT2D eigenvalue weighted by molar-refractivity contribution is -0.118. The second-order valence-electron chi connectivity index (χ2n) is 9.15. The summed E-state index contributed by atoms with van der Waals surface area (Å²) in [4.78, 5) is 12.8. The summed E-state index contributed by atoms with van der Waals surface area (Å²) in [5.41, 5.74) is 2.00. The highest BCUT2D eigenvalue weighted by molar-refractivity contribution is 5.90. The zero-order chi connectivity index (χ0) is 19.8. The van der Waals surface area contributed by atoms with Crippen LogP contribution in [-0.4, -0.2) is 16.1 Å². The minimum atomic E-state index is -0.321. The van der Waals surface area contributed by atoms with E-state index in [1.165, 1.54) is 18.4 Å². The molecule has 0 bridgehead atoms. The Bertz CT molecular complexity index is 883. The first-order valence-electron chi connectivity index (χ1n) is 10.2. The zero-order valence-electron chi connectivity index (χ0n) is 16.9. The van der Waals surface area contributed by atoms with E-state index in [9.17, 15) is 4.79 Å². The van der Waals surface area contributed by atoms with Gasteiger partial charge in [-0.15, -0.1) is 0 Å². The van der Waals surface area contributed by atoms with Crippen molar-refractivity contribution >= 4 is 11.7 Å². The van der Waals surface area contributed by atoms with Crippen molar-refractivity contribution in [3.05, 3.63) is 72.0 Å². The first-order chi connectivity index (χ1) is 13.4. The number of nitrogens with zero attached hydrogens (tertiary/aromatic N) is 1. The number of H-pyrrole nitrogens is 1. The van der Waals surface area contributed by atoms with Crippen molar-refractivity contribution in [2.45, 2.75) is 51.9 Å². The molecule has 0 aliphatic heterocycles. The van der Waals surface area contributed by atoms with Gasteiger partial charge in [0.15, 0.2) is 5.82 Å². The second kappa shape index (κ2) is 7.08. The number of aromatic amines is 1. The van der Waals surface area contributed by atoms with E-state index in [0.29, 0.717) is 18.2 Å². The molecule has 1 aromatic carbocycles. The third-order valence-electron chi connectivity index (χ3n) is 6.12. The molecule has 146 valence electrons. The predicted molar refractivity (Wildman–Crippen MR) is 113 cm³/mol. The number of hydrogen-bond donors (Lipinski definition) is 2. The van der Waals surface area contributed by atoms with Crippen LogP contribution in [0, 0.1) is 10.8 Å². The molecule has 0 radical (unpaired) electrons. The third kappa shape index (κ3) is 3.82. The molecule has 4 rings (SSSR count). The average molecular weight is 376 g/mol. The molecule has 0 spiro atoms. The van der Waals surface area contributed by atoms with Crippen LogP contribution < -0.4 is 5.32 Å². The van der Waals surface area contributed by atoms with Gasteiger partial charge in [-0.2, -0.15) is 5.10 Å². The SMILES string of the molecule is CC(C)(C)C1(CC(=O)Nc2cc(C3CC3)[nH]n2)C=CC(c2ccccc2)C=C1. The van der Waals surface area contributed by atoms with Crippen LogP contribution in [0.25, 0.3) is 0 Å². The Hall–Kier alpha value is -2.62. The van der Waals surface area contributed by atoms with E-state index in [4.69, 9.17) is 0 Å². The average Bonchev–Trinajstić information content (AvgIpc) is 3.42. The number of benzene rings is 1. The van der Waals surface area contributed by atoms with E-state index >= 15 is 0 Å². The van der Waals surface area contributed by atoms with Crippen molar-refractivity contribution in [3.8, 4) is 0 Å². The Kier molecular flexibility index (Phi) is 4.74. The number of carbonyl (C=O) groups is 1. The van der Waals surface area contributed by atoms with Crippen LogP contribution in [0.5, 0.6) is 0 Å². The Balaban J connectivity index is 1.48. The minimum absolute atomic E-state index is 0.00349. The van der Waals surface area contributed by atoms with Crippen LogP contribution >= 0.6 is 0 Å². The normalized spacial score (nSPS) is 24.3. The van der Waals surface area contributed by atoms with Crippen molar-refractivity contribution in [1.82, 2.24) is 10.2 Å². The largest absolute Gasteiger partial charge is 0.309 e. The van der Waals surface area contributed by atoms with E-state index in [2.05, 4.69) is 84.9 Å². The van der Waals surface area contributed by atoms with Crippen molar-refractivity contribution < 1.29 is 4.79 Å². The van der Waals surface area contributed by atoms with Gasteiger partial charge in [0.2, 0.25) is 5.91 Å². The fourth-order valence-corrected chi connectivity index (χ4v) is 3.91. The van der Waals surface area contributed by atoms with Gasteiger partial charge in [0.1, 0.15) is 0 Å². The summed E-state index contributed by atoms with van der Waals surface area (Å²) in [6.07, 6.45) is 11.7. The molecule has 0 unspecified atom stereocenters. The molecule has 1 saturated carbocycles. The fourth-order valence-electron chi connectivity index (χ4n) is 3.91. The molecule has 4 nitrogen and oxygen atoms in total. The molecule has 28 heavy (non-hydrogen) atoms. The Morgan fingerprint density at radius 2 is 1.86 bits per heavy atom. The predicted octanol–water partition coefficient (Wildman–Crippen LogP) is 5.56. The van der Waals surface area contributed by atoms with Gasteiger partial charge in [-0.05, 0) is 23.8 Å². The molecule has 1 amide bonds. The molecule has 1 fully saturated rings. The molecule has 4 heteroatoms. The van der Waals surface area contributed by atoms with Gasteiger partial charge in [-0.1, -0.05) is 75.4 Å². The summed E-state index contributed by atoms with van der Waals surface area (Å²) in [5, 5.41) is 10.3. The molecule has 2 aliphatic rings. The summed E-state index contributed by atoms with van der Waals surface area (Å²) in [7, 11) is 0. The molecule has 2 aromatic rings. The van der Waals surface area contributed by atoms with Crippen LogP contribution in [0.1, 0.15) is 63.1 Å². The molecular weight excluding hydrogens is 346 g/mol. The lowest BCUT2D eigenvalue weighted by atomic mass is 9.62. The fraction of sp³-hybridized carbons (Fsp3) is 0.417. The van der Waals surface area contributed by atoms with Crippen molar-refractivity contribution in [1.29, 1.82) is 0 Å². The second-order valence-corrected chi connectivity index (χ2v) is 9.15. The van der Waals surface area contributed by atoms with Gasteiger partial charge in [0.05, 0.1) is 0 Å². The number of hydrogen-bond acceptors (Lipinski definition) is 2. The maximum absolute atomic E-state index is 12.8. The molecule has 2 N–H and O–H groups in total. The van der Waals surface area contributed by atoms with E-state index in [0.717, 1.165) is 5.69 Å². The van der Waals surface area contributed by atoms with Gasteiger partial charge in [0.25, 0.3) is 0 Å². The Labute approximate surface area is 167 Å². The lowest BCUT2D eigenvalue weighted by Crippen LogP contribution is -2.37. The maximum Gasteiger partial charge on any atom is 0.226 e. The first-order valence-corrected chi connectivity index (χ1v) is 10.2. The van der Waals surface area contributed by atoms with E-state index in [-0.39, 0.29) is 22.7 Å².